The molecule has 15 atom stereocenters. The normalized spacial score (nSPS) is 45.5. The number of nitrogens with zero attached hydrogens (tertiary/aromatic N) is 1. The number of likely N-dealkylation sites (N-methyl/N-ethyl adjacent to an activating group) is 1. The van der Waals surface area contributed by atoms with Crippen LogP contribution in [0.25, 0.3) is 0 Å². The zero-order valence-electron chi connectivity index (χ0n) is 27.3. The van der Waals surface area contributed by atoms with Gasteiger partial charge in [-0.25, -0.2) is 0 Å². The van der Waals surface area contributed by atoms with Crippen LogP contribution in [0.15, 0.2) is 0 Å². The predicted octanol–water partition coefficient (Wildman–Crippen LogP) is 2.27. The Morgan fingerprint density at radius 1 is 1.19 bits per heavy atom. The minimum absolute atomic E-state index is 0.0435. The van der Waals surface area contributed by atoms with Crippen LogP contribution < -0.4 is 0 Å². The van der Waals surface area contributed by atoms with E-state index in [-0.39, 0.29) is 24.5 Å². The molecular formula is C31H55NO10. The third-order valence-electron chi connectivity index (χ3n) is 9.91. The Labute approximate surface area is 251 Å². The van der Waals surface area contributed by atoms with E-state index in [1.807, 2.05) is 46.7 Å². The summed E-state index contributed by atoms with van der Waals surface area (Å²) < 4.78 is 31.5. The number of hydrogen-bond acceptors (Lipinski definition) is 11. The van der Waals surface area contributed by atoms with Gasteiger partial charge in [-0.3, -0.25) is 9.59 Å². The van der Waals surface area contributed by atoms with Crippen LogP contribution in [0.3, 0.4) is 0 Å². The molecule has 3 heterocycles. The molecule has 42 heavy (non-hydrogen) atoms. The summed E-state index contributed by atoms with van der Waals surface area (Å²) >= 11 is 0. The maximum Gasteiger partial charge on any atom is 0.311 e. The fourth-order valence-electron chi connectivity index (χ4n) is 7.51. The van der Waals surface area contributed by atoms with Crippen LogP contribution in [0.1, 0.15) is 81.6 Å². The molecule has 3 fully saturated rings. The van der Waals surface area contributed by atoms with E-state index in [2.05, 4.69) is 0 Å². The maximum atomic E-state index is 13.5. The second-order valence-corrected chi connectivity index (χ2v) is 13.8. The molecule has 11 nitrogen and oxygen atoms in total. The minimum Gasteiger partial charge on any atom is -0.459 e. The van der Waals surface area contributed by atoms with Crippen LogP contribution >= 0.6 is 0 Å². The summed E-state index contributed by atoms with van der Waals surface area (Å²) in [6.45, 7) is 15.7. The fraction of sp³-hybridized carbons (Fsp3) is 0.935. The van der Waals surface area contributed by atoms with Gasteiger partial charge < -0.3 is 43.9 Å². The van der Waals surface area contributed by atoms with Crippen molar-refractivity contribution in [1.29, 1.82) is 0 Å². The van der Waals surface area contributed by atoms with Gasteiger partial charge in [-0.2, -0.15) is 0 Å². The molecule has 0 aliphatic carbocycles. The Balaban J connectivity index is 2.08. The molecule has 3 saturated heterocycles. The molecule has 0 radical (unpaired) electrons. The lowest BCUT2D eigenvalue weighted by Crippen LogP contribution is -2.59. The van der Waals surface area contributed by atoms with E-state index in [1.54, 1.807) is 20.8 Å². The molecule has 2 bridgehead atoms. The lowest BCUT2D eigenvalue weighted by atomic mass is 9.76. The van der Waals surface area contributed by atoms with Gasteiger partial charge in [0, 0.05) is 18.8 Å². The Bertz CT molecular complexity index is 945. The van der Waals surface area contributed by atoms with E-state index < -0.39 is 83.8 Å². The van der Waals surface area contributed by atoms with E-state index in [0.717, 1.165) is 0 Å². The van der Waals surface area contributed by atoms with Gasteiger partial charge in [0.15, 0.2) is 12.4 Å². The molecule has 0 saturated carbocycles. The standard InChI is InChI=1S/C31H55NO10/c1-12-22(34)31(9,37)27-19(6)24-15(2)14-30(8,42-24)26(17(4)23(35)18(5)28(36)40-27)41-29-25(39-20(7)33)21(32(10)11)13-16(3)38-29/h15-19,21-27,29,34-35,37H,12-14H2,1-11H3/t15?,16?,17-,18+,19-,21?,22+,23-,24?,25?,26+,27+,29-,30?,31+/m0/s1. The van der Waals surface area contributed by atoms with E-state index in [1.165, 1.54) is 13.8 Å². The van der Waals surface area contributed by atoms with Gasteiger partial charge >= 0.3 is 11.9 Å². The molecule has 11 heteroatoms. The average molecular weight is 602 g/mol. The van der Waals surface area contributed by atoms with E-state index >= 15 is 0 Å². The molecule has 244 valence electrons. The first kappa shape index (κ1) is 35.1. The topological polar surface area (TPSA) is 144 Å². The van der Waals surface area contributed by atoms with Crippen molar-refractivity contribution in [2.24, 2.45) is 23.7 Å². The molecule has 0 aromatic heterocycles. The molecule has 6 unspecified atom stereocenters. The molecule has 0 aromatic carbocycles. The number of hydrogen-bond donors (Lipinski definition) is 3. The minimum atomic E-state index is -1.75. The van der Waals surface area contributed by atoms with Crippen molar-refractivity contribution >= 4 is 11.9 Å². The van der Waals surface area contributed by atoms with Crippen molar-refractivity contribution in [2.45, 2.75) is 148 Å². The number of carbonyl (C=O) groups excluding carboxylic acids is 2. The second kappa shape index (κ2) is 13.3. The van der Waals surface area contributed by atoms with E-state index in [0.29, 0.717) is 12.8 Å². The first-order chi connectivity index (χ1) is 19.3. The number of aliphatic hydroxyl groups excluding tert-OH is 2. The van der Waals surface area contributed by atoms with Crippen LogP contribution in [0.4, 0.5) is 0 Å². The third-order valence-corrected chi connectivity index (χ3v) is 9.91. The largest absolute Gasteiger partial charge is 0.459 e. The summed E-state index contributed by atoms with van der Waals surface area (Å²) in [5, 5.41) is 33.7. The summed E-state index contributed by atoms with van der Waals surface area (Å²) in [7, 11) is 3.83. The summed E-state index contributed by atoms with van der Waals surface area (Å²) in [4.78, 5) is 27.6. The molecule has 0 aromatic rings. The number of fused-ring (bicyclic) bond motifs is 2. The monoisotopic (exact) mass is 601 g/mol. The van der Waals surface area contributed by atoms with Gasteiger partial charge in [-0.1, -0.05) is 27.7 Å². The molecule has 3 N–H and O–H groups in total. The molecule has 0 spiro atoms. The highest BCUT2D eigenvalue weighted by Gasteiger charge is 2.58. The zero-order chi connectivity index (χ0) is 31.9. The van der Waals surface area contributed by atoms with Crippen molar-refractivity contribution in [3.8, 4) is 0 Å². The Hall–Kier alpha value is -1.34. The lowest BCUT2D eigenvalue weighted by Gasteiger charge is -2.47. The third kappa shape index (κ3) is 6.98. The number of carbonyl (C=O) groups is 2. The summed E-state index contributed by atoms with van der Waals surface area (Å²) in [6.07, 6.45) is -5.09. The lowest BCUT2D eigenvalue weighted by molar-refractivity contribution is -0.303. The van der Waals surface area contributed by atoms with E-state index in [9.17, 15) is 24.9 Å². The predicted molar refractivity (Wildman–Crippen MR) is 154 cm³/mol. The van der Waals surface area contributed by atoms with Crippen molar-refractivity contribution in [3.63, 3.8) is 0 Å². The number of cyclic esters (lactones) is 1. The van der Waals surface area contributed by atoms with Crippen molar-refractivity contribution in [3.05, 3.63) is 0 Å². The highest BCUT2D eigenvalue weighted by atomic mass is 16.7. The van der Waals surface area contributed by atoms with Gasteiger partial charge in [0.1, 0.15) is 11.7 Å². The molecule has 3 aliphatic rings. The van der Waals surface area contributed by atoms with Gasteiger partial charge in [0.05, 0.1) is 48.1 Å². The second-order valence-electron chi connectivity index (χ2n) is 13.8. The first-order valence-corrected chi connectivity index (χ1v) is 15.5. The van der Waals surface area contributed by atoms with Crippen LogP contribution in [-0.2, 0) is 33.3 Å². The van der Waals surface area contributed by atoms with Gasteiger partial charge in [0.25, 0.3) is 0 Å². The Kier molecular flexibility index (Phi) is 11.2. The number of esters is 2. The fourth-order valence-corrected chi connectivity index (χ4v) is 7.51. The van der Waals surface area contributed by atoms with Gasteiger partial charge in [0.2, 0.25) is 0 Å². The Morgan fingerprint density at radius 3 is 2.36 bits per heavy atom. The molecular weight excluding hydrogens is 546 g/mol. The summed E-state index contributed by atoms with van der Waals surface area (Å²) in [5.74, 6) is -3.29. The summed E-state index contributed by atoms with van der Waals surface area (Å²) in [5.41, 5.74) is -2.69. The van der Waals surface area contributed by atoms with E-state index in [4.69, 9.17) is 23.7 Å². The van der Waals surface area contributed by atoms with Crippen LogP contribution in [-0.4, -0.2) is 113 Å². The van der Waals surface area contributed by atoms with Gasteiger partial charge in [-0.15, -0.1) is 0 Å². The van der Waals surface area contributed by atoms with Crippen molar-refractivity contribution in [1.82, 2.24) is 4.90 Å². The first-order valence-electron chi connectivity index (χ1n) is 15.5. The number of rotatable bonds is 7. The number of ether oxygens (including phenoxy) is 5. The molecule has 0 amide bonds. The smallest absolute Gasteiger partial charge is 0.311 e. The van der Waals surface area contributed by atoms with Crippen molar-refractivity contribution in [2.75, 3.05) is 14.1 Å². The SMILES string of the molecule is CC[C@@H](O)[C@@](C)(O)[C@@H]1OC(=O)[C@H](C)[C@@H](O)[C@H](C)[C@@H](O[C@@H]2OC(C)CC(N(C)C)C2OC(C)=O)C2(C)CC(C)C(O2)[C@@H]1C. The highest BCUT2D eigenvalue weighted by Crippen LogP contribution is 2.47. The van der Waals surface area contributed by atoms with Gasteiger partial charge in [-0.05, 0) is 67.0 Å². The molecule has 3 aliphatic heterocycles. The maximum absolute atomic E-state index is 13.5. The highest BCUT2D eigenvalue weighted by molar-refractivity contribution is 5.73. The number of aliphatic hydroxyl groups is 3. The summed E-state index contributed by atoms with van der Waals surface area (Å²) in [6, 6.07) is -0.170. The quantitative estimate of drug-likeness (QED) is 0.370. The van der Waals surface area contributed by atoms with Crippen LogP contribution in [0, 0.1) is 23.7 Å². The Morgan fingerprint density at radius 2 is 1.81 bits per heavy atom. The van der Waals surface area contributed by atoms with Crippen LogP contribution in [0.2, 0.25) is 0 Å². The molecule has 3 rings (SSSR count). The zero-order valence-corrected chi connectivity index (χ0v) is 27.3. The average Bonchev–Trinajstić information content (AvgIpc) is 3.22. The van der Waals surface area contributed by atoms with Crippen LogP contribution in [0.5, 0.6) is 0 Å². The van der Waals surface area contributed by atoms with Crippen molar-refractivity contribution < 1.29 is 48.6 Å².